The molecule has 1 heterocycles. The minimum Gasteiger partial charge on any atom is -0.369 e. The van der Waals surface area contributed by atoms with Gasteiger partial charge in [-0.25, -0.2) is 0 Å². The minimum absolute atomic E-state index is 0.0107. The first-order valence-corrected chi connectivity index (χ1v) is 3.86. The van der Waals surface area contributed by atoms with Gasteiger partial charge in [-0.15, -0.1) is 0 Å². The average molecular weight is 198 g/mol. The van der Waals surface area contributed by atoms with Gasteiger partial charge in [-0.2, -0.15) is 13.8 Å². The first-order chi connectivity index (χ1) is 6.59. The molecule has 0 aliphatic rings. The van der Waals surface area contributed by atoms with Crippen molar-refractivity contribution in [3.8, 4) is 0 Å². The standard InChI is InChI=1S/C9H8F2N2O/c10-7-5-4-6(9(11)13-7)2-1-3-8(12)14/h1-2,4-5H,3H2,(H2,12,14). The molecular weight excluding hydrogens is 190 g/mol. The lowest BCUT2D eigenvalue weighted by molar-refractivity contribution is -0.117. The highest BCUT2D eigenvalue weighted by atomic mass is 19.1. The molecule has 0 aliphatic carbocycles. The second kappa shape index (κ2) is 4.45. The summed E-state index contributed by atoms with van der Waals surface area (Å²) in [5.41, 5.74) is 4.98. The summed E-state index contributed by atoms with van der Waals surface area (Å²) in [4.78, 5) is 13.3. The van der Waals surface area contributed by atoms with Gasteiger partial charge in [0.05, 0.1) is 0 Å². The van der Waals surface area contributed by atoms with Crippen LogP contribution in [0.25, 0.3) is 6.08 Å². The molecule has 1 rings (SSSR count). The number of carbonyl (C=O) groups excluding carboxylic acids is 1. The maximum absolute atomic E-state index is 12.9. The second-order valence-corrected chi connectivity index (χ2v) is 2.59. The molecule has 3 nitrogen and oxygen atoms in total. The van der Waals surface area contributed by atoms with Gasteiger partial charge < -0.3 is 5.73 Å². The molecule has 2 N–H and O–H groups in total. The largest absolute Gasteiger partial charge is 0.369 e. The molecule has 1 aromatic heterocycles. The Labute approximate surface area is 79.3 Å². The summed E-state index contributed by atoms with van der Waals surface area (Å²) >= 11 is 0. The summed E-state index contributed by atoms with van der Waals surface area (Å²) in [5.74, 6) is -2.31. The fraction of sp³-hybridized carbons (Fsp3) is 0.111. The molecular formula is C9H8F2N2O. The van der Waals surface area contributed by atoms with Crippen molar-refractivity contribution < 1.29 is 13.6 Å². The molecule has 14 heavy (non-hydrogen) atoms. The van der Waals surface area contributed by atoms with Crippen LogP contribution in [0.4, 0.5) is 8.78 Å². The SMILES string of the molecule is NC(=O)CC=Cc1ccc(F)nc1F. The number of carbonyl (C=O) groups is 1. The van der Waals surface area contributed by atoms with E-state index in [1.807, 2.05) is 0 Å². The monoisotopic (exact) mass is 198 g/mol. The van der Waals surface area contributed by atoms with E-state index in [4.69, 9.17) is 5.73 Å². The van der Waals surface area contributed by atoms with Crippen LogP contribution in [0.15, 0.2) is 18.2 Å². The first-order valence-electron chi connectivity index (χ1n) is 3.86. The fourth-order valence-corrected chi connectivity index (χ4v) is 0.849. The number of amides is 1. The predicted molar refractivity (Wildman–Crippen MR) is 47.0 cm³/mol. The predicted octanol–water partition coefficient (Wildman–Crippen LogP) is 1.25. The third-order valence-electron chi connectivity index (χ3n) is 1.46. The Morgan fingerprint density at radius 3 is 2.79 bits per heavy atom. The zero-order valence-electron chi connectivity index (χ0n) is 7.21. The Morgan fingerprint density at radius 2 is 2.21 bits per heavy atom. The number of halogens is 2. The van der Waals surface area contributed by atoms with Gasteiger partial charge in [-0.05, 0) is 12.1 Å². The molecule has 1 aromatic rings. The van der Waals surface area contributed by atoms with Crippen molar-refractivity contribution in [2.45, 2.75) is 6.42 Å². The van der Waals surface area contributed by atoms with E-state index >= 15 is 0 Å². The quantitative estimate of drug-likeness (QED) is 0.743. The van der Waals surface area contributed by atoms with Gasteiger partial charge in [0.25, 0.3) is 0 Å². The van der Waals surface area contributed by atoms with Crippen molar-refractivity contribution in [3.05, 3.63) is 35.7 Å². The van der Waals surface area contributed by atoms with Crippen molar-refractivity contribution in [3.63, 3.8) is 0 Å². The van der Waals surface area contributed by atoms with E-state index in [2.05, 4.69) is 4.98 Å². The maximum Gasteiger partial charge on any atom is 0.222 e. The molecule has 0 aliphatic heterocycles. The molecule has 0 radical (unpaired) electrons. The lowest BCUT2D eigenvalue weighted by Crippen LogP contribution is -2.07. The highest BCUT2D eigenvalue weighted by molar-refractivity contribution is 5.76. The molecule has 0 fully saturated rings. The van der Waals surface area contributed by atoms with E-state index < -0.39 is 17.8 Å². The van der Waals surface area contributed by atoms with E-state index in [9.17, 15) is 13.6 Å². The van der Waals surface area contributed by atoms with E-state index in [0.29, 0.717) is 0 Å². The summed E-state index contributed by atoms with van der Waals surface area (Å²) in [6.07, 6.45) is 2.73. The highest BCUT2D eigenvalue weighted by Crippen LogP contribution is 2.07. The van der Waals surface area contributed by atoms with Crippen molar-refractivity contribution in [1.82, 2.24) is 4.98 Å². The molecule has 1 amide bonds. The fourth-order valence-electron chi connectivity index (χ4n) is 0.849. The number of hydrogen-bond donors (Lipinski definition) is 1. The van der Waals surface area contributed by atoms with Crippen LogP contribution >= 0.6 is 0 Å². The molecule has 0 spiro atoms. The third-order valence-corrected chi connectivity index (χ3v) is 1.46. The summed E-state index contributed by atoms with van der Waals surface area (Å²) in [6, 6.07) is 2.27. The van der Waals surface area contributed by atoms with Crippen LogP contribution in [-0.2, 0) is 4.79 Å². The van der Waals surface area contributed by atoms with Crippen LogP contribution in [0.3, 0.4) is 0 Å². The van der Waals surface area contributed by atoms with Gasteiger partial charge >= 0.3 is 0 Å². The lowest BCUT2D eigenvalue weighted by Gasteiger charge is -1.94. The molecule has 0 bridgehead atoms. The number of rotatable bonds is 3. The van der Waals surface area contributed by atoms with Crippen LogP contribution in [0.1, 0.15) is 12.0 Å². The molecule has 74 valence electrons. The van der Waals surface area contributed by atoms with Gasteiger partial charge in [0.1, 0.15) is 0 Å². The third kappa shape index (κ3) is 2.93. The Balaban J connectivity index is 2.76. The normalized spacial score (nSPS) is 10.7. The molecule has 5 heteroatoms. The molecule has 0 saturated heterocycles. The van der Waals surface area contributed by atoms with Crippen LogP contribution < -0.4 is 5.73 Å². The van der Waals surface area contributed by atoms with Gasteiger partial charge in [0, 0.05) is 12.0 Å². The number of nitrogens with zero attached hydrogens (tertiary/aromatic N) is 1. The lowest BCUT2D eigenvalue weighted by atomic mass is 10.2. The van der Waals surface area contributed by atoms with Crippen LogP contribution in [-0.4, -0.2) is 10.9 Å². The zero-order chi connectivity index (χ0) is 10.6. The van der Waals surface area contributed by atoms with E-state index in [1.165, 1.54) is 18.2 Å². The zero-order valence-corrected chi connectivity index (χ0v) is 7.21. The van der Waals surface area contributed by atoms with Crippen molar-refractivity contribution in [2.24, 2.45) is 5.73 Å². The smallest absolute Gasteiger partial charge is 0.222 e. The molecule has 0 unspecified atom stereocenters. The van der Waals surface area contributed by atoms with Crippen molar-refractivity contribution >= 4 is 12.0 Å². The van der Waals surface area contributed by atoms with Crippen LogP contribution in [0, 0.1) is 11.9 Å². The van der Waals surface area contributed by atoms with Gasteiger partial charge in [0.2, 0.25) is 17.8 Å². The Bertz CT molecular complexity index is 377. The topological polar surface area (TPSA) is 56.0 Å². The maximum atomic E-state index is 12.9. The van der Waals surface area contributed by atoms with E-state index in [0.717, 1.165) is 6.07 Å². The van der Waals surface area contributed by atoms with Crippen molar-refractivity contribution in [1.29, 1.82) is 0 Å². The number of primary amides is 1. The van der Waals surface area contributed by atoms with Crippen LogP contribution in [0.5, 0.6) is 0 Å². The van der Waals surface area contributed by atoms with Crippen molar-refractivity contribution in [2.75, 3.05) is 0 Å². The van der Waals surface area contributed by atoms with Gasteiger partial charge in [0.15, 0.2) is 0 Å². The summed E-state index contributed by atoms with van der Waals surface area (Å²) in [5, 5.41) is 0. The second-order valence-electron chi connectivity index (χ2n) is 2.59. The number of aromatic nitrogens is 1. The Hall–Kier alpha value is -1.78. The van der Waals surface area contributed by atoms with Gasteiger partial charge in [-0.3, -0.25) is 4.79 Å². The summed E-state index contributed by atoms with van der Waals surface area (Å²) in [7, 11) is 0. The number of nitrogens with two attached hydrogens (primary N) is 1. The van der Waals surface area contributed by atoms with E-state index in [-0.39, 0.29) is 12.0 Å². The minimum atomic E-state index is -0.911. The van der Waals surface area contributed by atoms with E-state index in [1.54, 1.807) is 0 Å². The number of pyridine rings is 1. The highest BCUT2D eigenvalue weighted by Gasteiger charge is 2.01. The van der Waals surface area contributed by atoms with Crippen LogP contribution in [0.2, 0.25) is 0 Å². The molecule has 0 atom stereocenters. The van der Waals surface area contributed by atoms with Gasteiger partial charge in [-0.1, -0.05) is 12.2 Å². The Kier molecular flexibility index (Phi) is 3.28. The Morgan fingerprint density at radius 1 is 1.50 bits per heavy atom. The first kappa shape index (κ1) is 10.3. The average Bonchev–Trinajstić information content (AvgIpc) is 2.08. The molecule has 0 aromatic carbocycles. The summed E-state index contributed by atoms with van der Waals surface area (Å²) in [6.45, 7) is 0. The molecule has 0 saturated carbocycles. The number of hydrogen-bond acceptors (Lipinski definition) is 2. The summed E-state index contributed by atoms with van der Waals surface area (Å²) < 4.78 is 25.2.